The van der Waals surface area contributed by atoms with E-state index >= 15 is 0 Å². The van der Waals surface area contributed by atoms with E-state index in [9.17, 15) is 9.59 Å². The maximum atomic E-state index is 11.5. The van der Waals surface area contributed by atoms with Crippen LogP contribution >= 0.6 is 0 Å². The molecular formula is C10H9N3O2. The monoisotopic (exact) mass is 203 g/mol. The Labute approximate surface area is 85.2 Å². The van der Waals surface area contributed by atoms with Crippen molar-refractivity contribution in [1.82, 2.24) is 9.55 Å². The van der Waals surface area contributed by atoms with E-state index in [1.165, 1.54) is 10.6 Å². The molecule has 0 aliphatic rings. The molecule has 0 saturated carbocycles. The lowest BCUT2D eigenvalue weighted by atomic mass is 10.3. The fraction of sp³-hybridized carbons (Fsp3) is 0.100. The van der Waals surface area contributed by atoms with Crippen LogP contribution in [0, 0.1) is 0 Å². The maximum absolute atomic E-state index is 11.5. The van der Waals surface area contributed by atoms with Crippen LogP contribution in [0.15, 0.2) is 35.3 Å². The Morgan fingerprint density at radius 3 is 2.93 bits per heavy atom. The Hall–Kier alpha value is -2.17. The van der Waals surface area contributed by atoms with Crippen molar-refractivity contribution in [3.8, 4) is 0 Å². The van der Waals surface area contributed by atoms with Gasteiger partial charge < -0.3 is 5.73 Å². The lowest BCUT2D eigenvalue weighted by Gasteiger charge is -2.06. The van der Waals surface area contributed by atoms with Crippen molar-refractivity contribution in [1.29, 1.82) is 0 Å². The molecule has 2 aromatic heterocycles. The predicted molar refractivity (Wildman–Crippen MR) is 55.2 cm³/mol. The summed E-state index contributed by atoms with van der Waals surface area (Å²) in [6.07, 6.45) is 1.63. The highest BCUT2D eigenvalue weighted by molar-refractivity contribution is 5.78. The number of fused-ring (bicyclic) bond motifs is 1. The zero-order chi connectivity index (χ0) is 10.8. The molecule has 76 valence electrons. The standard InChI is InChI=1S/C10H9N3O2/c11-9(14)6-13-8-2-1-5-12-7(8)3-4-10(13)15/h1-5H,6H2,(H2,11,14). The molecule has 2 heterocycles. The quantitative estimate of drug-likeness (QED) is 0.739. The first-order chi connectivity index (χ1) is 7.18. The molecule has 5 nitrogen and oxygen atoms in total. The molecule has 0 aliphatic carbocycles. The number of amides is 1. The van der Waals surface area contributed by atoms with Crippen LogP contribution in [0.4, 0.5) is 0 Å². The predicted octanol–water partition coefficient (Wildman–Crippen LogP) is -0.118. The van der Waals surface area contributed by atoms with Gasteiger partial charge in [0, 0.05) is 12.3 Å². The Bertz CT molecular complexity index is 574. The van der Waals surface area contributed by atoms with Crippen LogP contribution in [0.5, 0.6) is 0 Å². The van der Waals surface area contributed by atoms with E-state index in [1.807, 2.05) is 0 Å². The van der Waals surface area contributed by atoms with E-state index in [-0.39, 0.29) is 12.1 Å². The van der Waals surface area contributed by atoms with Crippen molar-refractivity contribution in [2.75, 3.05) is 0 Å². The molecule has 0 atom stereocenters. The lowest BCUT2D eigenvalue weighted by molar-refractivity contribution is -0.118. The van der Waals surface area contributed by atoms with Gasteiger partial charge in [-0.15, -0.1) is 0 Å². The number of carbonyl (C=O) groups excluding carboxylic acids is 1. The average molecular weight is 203 g/mol. The van der Waals surface area contributed by atoms with Gasteiger partial charge in [-0.05, 0) is 18.2 Å². The number of hydrogen-bond acceptors (Lipinski definition) is 3. The van der Waals surface area contributed by atoms with Crippen molar-refractivity contribution >= 4 is 16.9 Å². The summed E-state index contributed by atoms with van der Waals surface area (Å²) in [4.78, 5) is 26.4. The van der Waals surface area contributed by atoms with Gasteiger partial charge in [0.2, 0.25) is 5.91 Å². The van der Waals surface area contributed by atoms with Gasteiger partial charge >= 0.3 is 0 Å². The van der Waals surface area contributed by atoms with Crippen molar-refractivity contribution < 1.29 is 4.79 Å². The zero-order valence-electron chi connectivity index (χ0n) is 7.88. The minimum Gasteiger partial charge on any atom is -0.368 e. The maximum Gasteiger partial charge on any atom is 0.251 e. The Balaban J connectivity index is 2.74. The number of nitrogens with two attached hydrogens (primary N) is 1. The zero-order valence-corrected chi connectivity index (χ0v) is 7.88. The average Bonchev–Trinajstić information content (AvgIpc) is 2.22. The lowest BCUT2D eigenvalue weighted by Crippen LogP contribution is -2.27. The number of primary amides is 1. The molecule has 0 saturated heterocycles. The smallest absolute Gasteiger partial charge is 0.251 e. The Morgan fingerprint density at radius 1 is 1.40 bits per heavy atom. The molecule has 0 unspecified atom stereocenters. The summed E-state index contributed by atoms with van der Waals surface area (Å²) in [6, 6.07) is 6.43. The van der Waals surface area contributed by atoms with Gasteiger partial charge in [0.1, 0.15) is 6.54 Å². The van der Waals surface area contributed by atoms with E-state index in [4.69, 9.17) is 5.73 Å². The van der Waals surface area contributed by atoms with Crippen LogP contribution in [0.1, 0.15) is 0 Å². The fourth-order valence-corrected chi connectivity index (χ4v) is 1.44. The second-order valence-electron chi connectivity index (χ2n) is 3.13. The summed E-state index contributed by atoms with van der Waals surface area (Å²) in [5.41, 5.74) is 6.09. The van der Waals surface area contributed by atoms with Gasteiger partial charge in [0.25, 0.3) is 5.56 Å². The topological polar surface area (TPSA) is 78.0 Å². The van der Waals surface area contributed by atoms with Gasteiger partial charge in [-0.1, -0.05) is 0 Å². The molecule has 0 fully saturated rings. The number of carbonyl (C=O) groups is 1. The molecule has 0 spiro atoms. The first-order valence-corrected chi connectivity index (χ1v) is 4.41. The van der Waals surface area contributed by atoms with E-state index in [2.05, 4.69) is 4.98 Å². The number of aromatic nitrogens is 2. The molecule has 1 amide bonds. The summed E-state index contributed by atoms with van der Waals surface area (Å²) >= 11 is 0. The van der Waals surface area contributed by atoms with Crippen molar-refractivity contribution in [3.05, 3.63) is 40.8 Å². The van der Waals surface area contributed by atoms with Gasteiger partial charge in [-0.25, -0.2) is 0 Å². The molecule has 2 aromatic rings. The molecule has 0 bridgehead atoms. The molecule has 15 heavy (non-hydrogen) atoms. The van der Waals surface area contributed by atoms with Crippen LogP contribution < -0.4 is 11.3 Å². The minimum atomic E-state index is -0.548. The third-order valence-electron chi connectivity index (χ3n) is 2.07. The van der Waals surface area contributed by atoms with Gasteiger partial charge in [0.05, 0.1) is 11.0 Å². The molecule has 0 aromatic carbocycles. The van der Waals surface area contributed by atoms with Crippen LogP contribution in [0.3, 0.4) is 0 Å². The molecule has 0 aliphatic heterocycles. The molecule has 5 heteroatoms. The van der Waals surface area contributed by atoms with E-state index in [1.54, 1.807) is 24.4 Å². The van der Waals surface area contributed by atoms with Gasteiger partial charge in [-0.3, -0.25) is 19.1 Å². The number of rotatable bonds is 2. The molecule has 0 radical (unpaired) electrons. The summed E-state index contributed by atoms with van der Waals surface area (Å²) in [7, 11) is 0. The van der Waals surface area contributed by atoms with Crippen LogP contribution in [-0.4, -0.2) is 15.5 Å². The molecule has 2 rings (SSSR count). The van der Waals surface area contributed by atoms with E-state index in [0.717, 1.165) is 0 Å². The second kappa shape index (κ2) is 3.53. The molecule has 2 N–H and O–H groups in total. The highest BCUT2D eigenvalue weighted by Gasteiger charge is 2.05. The number of pyridine rings is 2. The Morgan fingerprint density at radius 2 is 2.20 bits per heavy atom. The second-order valence-corrected chi connectivity index (χ2v) is 3.13. The first-order valence-electron chi connectivity index (χ1n) is 4.41. The summed E-state index contributed by atoms with van der Waals surface area (Å²) in [5.74, 6) is -0.548. The van der Waals surface area contributed by atoms with Crippen molar-refractivity contribution in [2.24, 2.45) is 5.73 Å². The van der Waals surface area contributed by atoms with Crippen LogP contribution in [-0.2, 0) is 11.3 Å². The normalized spacial score (nSPS) is 10.4. The van der Waals surface area contributed by atoms with E-state index in [0.29, 0.717) is 11.0 Å². The largest absolute Gasteiger partial charge is 0.368 e. The highest BCUT2D eigenvalue weighted by atomic mass is 16.2. The molecular weight excluding hydrogens is 194 g/mol. The third kappa shape index (κ3) is 1.71. The SMILES string of the molecule is NC(=O)Cn1c(=O)ccc2ncccc21. The summed E-state index contributed by atoms with van der Waals surface area (Å²) in [5, 5.41) is 0. The highest BCUT2D eigenvalue weighted by Crippen LogP contribution is 2.07. The minimum absolute atomic E-state index is 0.123. The Kier molecular flexibility index (Phi) is 2.21. The number of hydrogen-bond donors (Lipinski definition) is 1. The summed E-state index contributed by atoms with van der Waals surface area (Å²) in [6.45, 7) is -0.123. The van der Waals surface area contributed by atoms with Crippen LogP contribution in [0.2, 0.25) is 0 Å². The summed E-state index contributed by atoms with van der Waals surface area (Å²) < 4.78 is 1.31. The van der Waals surface area contributed by atoms with Crippen LogP contribution in [0.25, 0.3) is 11.0 Å². The van der Waals surface area contributed by atoms with Crippen molar-refractivity contribution in [3.63, 3.8) is 0 Å². The number of nitrogens with zero attached hydrogens (tertiary/aromatic N) is 2. The van der Waals surface area contributed by atoms with Gasteiger partial charge in [0.15, 0.2) is 0 Å². The fourth-order valence-electron chi connectivity index (χ4n) is 1.44. The third-order valence-corrected chi connectivity index (χ3v) is 2.07. The first kappa shape index (κ1) is 9.39. The van der Waals surface area contributed by atoms with Gasteiger partial charge in [-0.2, -0.15) is 0 Å². The van der Waals surface area contributed by atoms with Crippen molar-refractivity contribution in [2.45, 2.75) is 6.54 Å². The van der Waals surface area contributed by atoms with E-state index < -0.39 is 5.91 Å².